The first kappa shape index (κ1) is 97.5. The van der Waals surface area contributed by atoms with Gasteiger partial charge in [0, 0.05) is 58.9 Å². The van der Waals surface area contributed by atoms with E-state index in [2.05, 4.69) is 120 Å². The van der Waals surface area contributed by atoms with Crippen LogP contribution in [0.1, 0.15) is 329 Å². The summed E-state index contributed by atoms with van der Waals surface area (Å²) in [5, 5.41) is 59.5. The Morgan fingerprint density at radius 3 is 0.510 bits per heavy atom. The molecule has 0 saturated heterocycles. The van der Waals surface area contributed by atoms with Gasteiger partial charge in [-0.1, -0.05) is 290 Å². The molecule has 0 spiro atoms. The predicted octanol–water partition coefficient (Wildman–Crippen LogP) is 17.1. The van der Waals surface area contributed by atoms with Crippen LogP contribution >= 0.6 is 0 Å². The second-order valence-electron chi connectivity index (χ2n) is 36.5. The van der Waals surface area contributed by atoms with Crippen molar-refractivity contribution in [3.8, 4) is 0 Å². The second-order valence-corrected chi connectivity index (χ2v) is 36.5. The minimum atomic E-state index is -0.552. The van der Waals surface area contributed by atoms with Gasteiger partial charge in [0.15, 0.2) is 0 Å². The van der Waals surface area contributed by atoms with E-state index in [4.69, 9.17) is 0 Å². The molecule has 5 unspecified atom stereocenters. The maximum atomic E-state index is 12.1. The standard InChI is InChI=1S/C85H185N8O5/c1-16-19-22-25-28-31-34-37-40-43-46-49-52-55-58-61-68-91(10,11)78-83(96)73-87(72-82(95)77-90(7,8)9)66-64-86(71-81(94)76-89(4,5)6)65-67-88(74-84(97)79-92(12,13)69-62-59-56-53-50-47-44-41-38-35-32-29-26-23-20-17-2)75-85(98)80-93(14,15)70-63-60-57-54-51-48-45-42-39-36-33-30-27-24-21-18-3/h81-85,94-98H,16-80H2,1-15H3/q+5. The SMILES string of the molecule is CCCCCCCCCCCCCCCCCC[N+](C)(C)CC(O)CN(CCN(CCN(CC(O)C[N+](C)(C)CCCCCCCCCCCCCCCCCC)CC(O)C[N+](C)(C)CCCCCCCCCCCCCCCCCC)CC(O)C[N+](C)(C)C)CC(O)C[N+](C)(C)C. The molecule has 0 saturated carbocycles. The van der Waals surface area contributed by atoms with Crippen molar-refractivity contribution < 1.29 is 47.9 Å². The topological polar surface area (TPSA) is 111 Å². The van der Waals surface area contributed by atoms with Gasteiger partial charge in [-0.25, -0.2) is 0 Å². The lowest BCUT2D eigenvalue weighted by molar-refractivity contribution is -0.893. The fourth-order valence-corrected chi connectivity index (χ4v) is 15.7. The smallest absolute Gasteiger partial charge is 0.115 e. The Balaban J connectivity index is 5.96. The van der Waals surface area contributed by atoms with Crippen molar-refractivity contribution in [1.82, 2.24) is 14.7 Å². The van der Waals surface area contributed by atoms with Crippen LogP contribution in [0, 0.1) is 0 Å². The summed E-state index contributed by atoms with van der Waals surface area (Å²) in [5.74, 6) is 0. The van der Waals surface area contributed by atoms with E-state index in [-0.39, 0.29) is 0 Å². The number of hydrogen-bond acceptors (Lipinski definition) is 8. The van der Waals surface area contributed by atoms with Crippen LogP contribution in [0.5, 0.6) is 0 Å². The van der Waals surface area contributed by atoms with Crippen LogP contribution in [-0.4, -0.2) is 289 Å². The normalized spacial score (nSPS) is 14.6. The van der Waals surface area contributed by atoms with E-state index in [0.29, 0.717) is 101 Å². The highest BCUT2D eigenvalue weighted by molar-refractivity contribution is 4.77. The van der Waals surface area contributed by atoms with Crippen LogP contribution in [-0.2, 0) is 0 Å². The molecule has 0 aliphatic heterocycles. The molecule has 13 nitrogen and oxygen atoms in total. The van der Waals surface area contributed by atoms with Gasteiger partial charge < -0.3 is 47.9 Å². The number of aliphatic hydroxyl groups is 5. The molecule has 5 atom stereocenters. The summed E-state index contributed by atoms with van der Waals surface area (Å²) < 4.78 is 3.64. The van der Waals surface area contributed by atoms with Gasteiger partial charge in [0.1, 0.15) is 63.2 Å². The van der Waals surface area contributed by atoms with Gasteiger partial charge in [0.2, 0.25) is 0 Å². The number of hydrogen-bond donors (Lipinski definition) is 5. The third-order valence-electron chi connectivity index (χ3n) is 21.3. The zero-order valence-corrected chi connectivity index (χ0v) is 69.7. The Morgan fingerprint density at radius 1 is 0.194 bits per heavy atom. The molecular weight excluding hydrogens is 1210 g/mol. The molecule has 0 aromatic carbocycles. The molecule has 0 bridgehead atoms. The minimum Gasteiger partial charge on any atom is -0.386 e. The van der Waals surface area contributed by atoms with Crippen molar-refractivity contribution in [2.24, 2.45) is 0 Å². The fourth-order valence-electron chi connectivity index (χ4n) is 15.7. The van der Waals surface area contributed by atoms with Crippen molar-refractivity contribution in [2.75, 3.05) is 196 Å². The molecule has 0 amide bonds. The maximum Gasteiger partial charge on any atom is 0.115 e. The summed E-state index contributed by atoms with van der Waals surface area (Å²) >= 11 is 0. The lowest BCUT2D eigenvalue weighted by Gasteiger charge is -2.37. The van der Waals surface area contributed by atoms with Gasteiger partial charge in [0.05, 0.1) is 104 Å². The van der Waals surface area contributed by atoms with Crippen molar-refractivity contribution in [3.63, 3.8) is 0 Å². The van der Waals surface area contributed by atoms with Crippen LogP contribution in [0.2, 0.25) is 0 Å². The van der Waals surface area contributed by atoms with Crippen LogP contribution in [0.25, 0.3) is 0 Å². The highest BCUT2D eigenvalue weighted by Gasteiger charge is 2.30. The summed E-state index contributed by atoms with van der Waals surface area (Å²) in [7, 11) is 26.5. The van der Waals surface area contributed by atoms with E-state index < -0.39 is 30.5 Å². The van der Waals surface area contributed by atoms with Gasteiger partial charge in [-0.2, -0.15) is 0 Å². The molecule has 0 aliphatic rings. The van der Waals surface area contributed by atoms with E-state index in [1.165, 1.54) is 308 Å². The zero-order chi connectivity index (χ0) is 73.1. The number of quaternary nitrogens is 5. The third-order valence-corrected chi connectivity index (χ3v) is 21.3. The first-order chi connectivity index (χ1) is 46.6. The molecule has 0 aromatic heterocycles. The minimum absolute atomic E-state index is 0.472. The van der Waals surface area contributed by atoms with Gasteiger partial charge in [-0.15, -0.1) is 0 Å². The summed E-state index contributed by atoms with van der Waals surface area (Å²) in [6, 6.07) is 0. The summed E-state index contributed by atoms with van der Waals surface area (Å²) in [5.41, 5.74) is 0. The van der Waals surface area contributed by atoms with Crippen LogP contribution in [0.3, 0.4) is 0 Å². The average Bonchev–Trinajstić information content (AvgIpc) is 0.935. The molecule has 0 aliphatic carbocycles. The van der Waals surface area contributed by atoms with Gasteiger partial charge in [-0.3, -0.25) is 14.7 Å². The number of rotatable bonds is 77. The van der Waals surface area contributed by atoms with Gasteiger partial charge in [-0.05, 0) is 38.5 Å². The quantitative estimate of drug-likeness (QED) is 0.0303. The van der Waals surface area contributed by atoms with Crippen molar-refractivity contribution >= 4 is 0 Å². The highest BCUT2D eigenvalue weighted by atomic mass is 16.3. The third kappa shape index (κ3) is 68.6. The lowest BCUT2D eigenvalue weighted by atomic mass is 10.0. The molecule has 0 rings (SSSR count). The van der Waals surface area contributed by atoms with Gasteiger partial charge in [0.25, 0.3) is 0 Å². The Hall–Kier alpha value is -0.520. The Labute approximate surface area is 614 Å². The maximum absolute atomic E-state index is 12.1. The van der Waals surface area contributed by atoms with Crippen molar-refractivity contribution in [3.05, 3.63) is 0 Å². The summed E-state index contributed by atoms with van der Waals surface area (Å²) in [6.45, 7) is 18.3. The first-order valence-corrected chi connectivity index (χ1v) is 43.2. The zero-order valence-electron chi connectivity index (χ0n) is 69.7. The molecule has 5 N–H and O–H groups in total. The van der Waals surface area contributed by atoms with E-state index >= 15 is 0 Å². The Kier molecular flexibility index (Phi) is 62.3. The molecule has 0 heterocycles. The van der Waals surface area contributed by atoms with Crippen LogP contribution < -0.4 is 0 Å². The average molecular weight is 1400 g/mol. The van der Waals surface area contributed by atoms with Crippen LogP contribution in [0.4, 0.5) is 0 Å². The van der Waals surface area contributed by atoms with E-state index in [1.54, 1.807) is 0 Å². The summed E-state index contributed by atoms with van der Waals surface area (Å²) in [4.78, 5) is 6.98. The van der Waals surface area contributed by atoms with E-state index in [9.17, 15) is 25.5 Å². The number of nitrogens with zero attached hydrogens (tertiary/aromatic N) is 8. The second kappa shape index (κ2) is 62.7. The van der Waals surface area contributed by atoms with E-state index in [0.717, 1.165) is 33.1 Å². The number of likely N-dealkylation sites (N-methyl/N-ethyl adjacent to an activating group) is 5. The van der Waals surface area contributed by atoms with Crippen molar-refractivity contribution in [1.29, 1.82) is 0 Å². The highest BCUT2D eigenvalue weighted by Crippen LogP contribution is 2.20. The Morgan fingerprint density at radius 2 is 0.337 bits per heavy atom. The molecule has 590 valence electrons. The molecule has 13 heteroatoms. The molecular formula is C85H185N8O5+5. The molecule has 0 aromatic rings. The molecule has 98 heavy (non-hydrogen) atoms. The summed E-state index contributed by atoms with van der Waals surface area (Å²) in [6.07, 6.45) is 62.8. The number of unbranched alkanes of at least 4 members (excludes halogenated alkanes) is 45. The molecule has 0 radical (unpaired) electrons. The van der Waals surface area contributed by atoms with Crippen molar-refractivity contribution in [2.45, 2.75) is 359 Å². The Bertz CT molecular complexity index is 1620. The predicted molar refractivity (Wildman–Crippen MR) is 429 cm³/mol. The fraction of sp³-hybridized carbons (Fsp3) is 1.00. The van der Waals surface area contributed by atoms with Crippen LogP contribution in [0.15, 0.2) is 0 Å². The lowest BCUT2D eigenvalue weighted by Crippen LogP contribution is -2.54. The molecule has 0 fully saturated rings. The number of aliphatic hydroxyl groups excluding tert-OH is 5. The monoisotopic (exact) mass is 1400 g/mol. The largest absolute Gasteiger partial charge is 0.386 e. The van der Waals surface area contributed by atoms with Gasteiger partial charge >= 0.3 is 0 Å². The first-order valence-electron chi connectivity index (χ1n) is 43.2. The van der Waals surface area contributed by atoms with E-state index in [1.807, 2.05) is 0 Å².